The quantitative estimate of drug-likeness (QED) is 0.609. The lowest BCUT2D eigenvalue weighted by Crippen LogP contribution is -2.18. The molecule has 0 aliphatic rings. The van der Waals surface area contributed by atoms with E-state index in [1.54, 1.807) is 12.1 Å². The minimum atomic E-state index is -0.263. The highest BCUT2D eigenvalue weighted by molar-refractivity contribution is 6.30. The monoisotopic (exact) mass is 215 g/mol. The SMILES string of the molecule is CC(=O)NCc1ccc(C(=O)CCl)o1. The average molecular weight is 216 g/mol. The Morgan fingerprint density at radius 1 is 1.50 bits per heavy atom. The standard InChI is InChI=1S/C9H10ClNO3/c1-6(12)11-5-7-2-3-9(14-7)8(13)4-10/h2-3H,4-5H2,1H3,(H,11,12). The van der Waals surface area contributed by atoms with Gasteiger partial charge in [-0.15, -0.1) is 11.6 Å². The predicted octanol–water partition coefficient (Wildman–Crippen LogP) is 1.34. The second-order valence-corrected chi connectivity index (χ2v) is 3.00. The number of carbonyl (C=O) groups excluding carboxylic acids is 2. The van der Waals surface area contributed by atoms with E-state index in [-0.39, 0.29) is 29.9 Å². The van der Waals surface area contributed by atoms with Crippen LogP contribution in [0.1, 0.15) is 23.2 Å². The fourth-order valence-corrected chi connectivity index (χ4v) is 1.03. The summed E-state index contributed by atoms with van der Waals surface area (Å²) in [7, 11) is 0. The van der Waals surface area contributed by atoms with Crippen LogP contribution >= 0.6 is 11.6 Å². The van der Waals surface area contributed by atoms with Gasteiger partial charge in [0.1, 0.15) is 5.76 Å². The molecule has 5 heteroatoms. The second kappa shape index (κ2) is 4.81. The molecule has 0 fully saturated rings. The van der Waals surface area contributed by atoms with E-state index in [4.69, 9.17) is 16.0 Å². The predicted molar refractivity (Wildman–Crippen MR) is 51.3 cm³/mol. The van der Waals surface area contributed by atoms with Crippen molar-refractivity contribution in [1.82, 2.24) is 5.32 Å². The summed E-state index contributed by atoms with van der Waals surface area (Å²) < 4.78 is 5.14. The minimum absolute atomic E-state index is 0.104. The van der Waals surface area contributed by atoms with E-state index in [0.717, 1.165) is 0 Å². The van der Waals surface area contributed by atoms with E-state index in [9.17, 15) is 9.59 Å². The number of carbonyl (C=O) groups is 2. The van der Waals surface area contributed by atoms with Gasteiger partial charge in [-0.1, -0.05) is 0 Å². The van der Waals surface area contributed by atoms with Crippen LogP contribution in [0.3, 0.4) is 0 Å². The van der Waals surface area contributed by atoms with Crippen LogP contribution in [0.4, 0.5) is 0 Å². The number of furan rings is 1. The molecule has 4 nitrogen and oxygen atoms in total. The summed E-state index contributed by atoms with van der Waals surface area (Å²) in [5.41, 5.74) is 0. The van der Waals surface area contributed by atoms with Crippen LogP contribution in [0, 0.1) is 0 Å². The summed E-state index contributed by atoms with van der Waals surface area (Å²) in [6.45, 7) is 1.69. The Labute approximate surface area is 86.2 Å². The van der Waals surface area contributed by atoms with Crippen molar-refractivity contribution in [2.24, 2.45) is 0 Å². The number of nitrogens with one attached hydrogen (secondary N) is 1. The molecule has 0 atom stereocenters. The van der Waals surface area contributed by atoms with Gasteiger partial charge < -0.3 is 9.73 Å². The molecule has 1 amide bonds. The number of hydrogen-bond acceptors (Lipinski definition) is 3. The van der Waals surface area contributed by atoms with Crippen LogP contribution in [-0.4, -0.2) is 17.6 Å². The van der Waals surface area contributed by atoms with Crippen molar-refractivity contribution in [3.63, 3.8) is 0 Å². The van der Waals surface area contributed by atoms with Crippen molar-refractivity contribution in [3.8, 4) is 0 Å². The first-order valence-corrected chi connectivity index (χ1v) is 4.59. The third-order valence-corrected chi connectivity index (χ3v) is 1.81. The molecule has 0 bridgehead atoms. The molecule has 0 spiro atoms. The highest BCUT2D eigenvalue weighted by Crippen LogP contribution is 2.08. The molecule has 0 aliphatic carbocycles. The number of hydrogen-bond donors (Lipinski definition) is 1. The Kier molecular flexibility index (Phi) is 3.71. The fourth-order valence-electron chi connectivity index (χ4n) is 0.900. The first-order chi connectivity index (χ1) is 6.63. The number of halogens is 1. The Morgan fingerprint density at radius 3 is 2.79 bits per heavy atom. The van der Waals surface area contributed by atoms with Gasteiger partial charge in [-0.05, 0) is 12.1 Å². The highest BCUT2D eigenvalue weighted by atomic mass is 35.5. The molecule has 1 heterocycles. The summed E-state index contributed by atoms with van der Waals surface area (Å²) in [5.74, 6) is 0.244. The molecule has 1 N–H and O–H groups in total. The van der Waals surface area contributed by atoms with E-state index in [0.29, 0.717) is 5.76 Å². The van der Waals surface area contributed by atoms with E-state index in [1.807, 2.05) is 0 Å². The maximum atomic E-state index is 11.1. The zero-order chi connectivity index (χ0) is 10.6. The molecule has 1 rings (SSSR count). The van der Waals surface area contributed by atoms with Crippen LogP contribution < -0.4 is 5.32 Å². The molecule has 0 aromatic carbocycles. The zero-order valence-electron chi connectivity index (χ0n) is 7.67. The summed E-state index contributed by atoms with van der Waals surface area (Å²) in [6, 6.07) is 3.18. The first kappa shape index (κ1) is 10.8. The topological polar surface area (TPSA) is 59.3 Å². The normalized spacial score (nSPS) is 9.86. The molecular weight excluding hydrogens is 206 g/mol. The highest BCUT2D eigenvalue weighted by Gasteiger charge is 2.09. The van der Waals surface area contributed by atoms with Gasteiger partial charge >= 0.3 is 0 Å². The summed E-state index contributed by atoms with van der Waals surface area (Å²) >= 11 is 5.34. The van der Waals surface area contributed by atoms with Gasteiger partial charge in [-0.2, -0.15) is 0 Å². The molecule has 0 saturated heterocycles. The van der Waals surface area contributed by atoms with Crippen molar-refractivity contribution in [2.45, 2.75) is 13.5 Å². The van der Waals surface area contributed by atoms with Crippen molar-refractivity contribution in [2.75, 3.05) is 5.88 Å². The Balaban J connectivity index is 2.59. The van der Waals surface area contributed by atoms with E-state index < -0.39 is 0 Å². The van der Waals surface area contributed by atoms with Crippen LogP contribution in [-0.2, 0) is 11.3 Å². The van der Waals surface area contributed by atoms with Gasteiger partial charge in [-0.3, -0.25) is 9.59 Å². The lowest BCUT2D eigenvalue weighted by atomic mass is 10.3. The zero-order valence-corrected chi connectivity index (χ0v) is 8.43. The van der Waals surface area contributed by atoms with Crippen molar-refractivity contribution in [3.05, 3.63) is 23.7 Å². The molecule has 0 radical (unpaired) electrons. The molecule has 0 aliphatic heterocycles. The lowest BCUT2D eigenvalue weighted by molar-refractivity contribution is -0.119. The number of ketones is 1. The third kappa shape index (κ3) is 2.88. The Bertz CT molecular complexity index is 346. The first-order valence-electron chi connectivity index (χ1n) is 4.06. The number of rotatable bonds is 4. The molecule has 1 aromatic heterocycles. The van der Waals surface area contributed by atoms with Crippen molar-refractivity contribution >= 4 is 23.3 Å². The summed E-state index contributed by atoms with van der Waals surface area (Å²) in [5, 5.41) is 2.56. The molecular formula is C9H10ClNO3. The molecule has 0 saturated carbocycles. The average Bonchev–Trinajstić information content (AvgIpc) is 2.62. The van der Waals surface area contributed by atoms with Gasteiger partial charge in [0.2, 0.25) is 11.7 Å². The third-order valence-electron chi connectivity index (χ3n) is 1.57. The van der Waals surface area contributed by atoms with E-state index >= 15 is 0 Å². The van der Waals surface area contributed by atoms with Crippen molar-refractivity contribution in [1.29, 1.82) is 0 Å². The maximum Gasteiger partial charge on any atom is 0.217 e. The van der Waals surface area contributed by atoms with E-state index in [1.165, 1.54) is 6.92 Å². The smallest absolute Gasteiger partial charge is 0.217 e. The van der Waals surface area contributed by atoms with Crippen LogP contribution in [0.5, 0.6) is 0 Å². The fraction of sp³-hybridized carbons (Fsp3) is 0.333. The van der Waals surface area contributed by atoms with Gasteiger partial charge in [0.15, 0.2) is 5.76 Å². The molecule has 14 heavy (non-hydrogen) atoms. The lowest BCUT2D eigenvalue weighted by Gasteiger charge is -1.97. The molecule has 76 valence electrons. The van der Waals surface area contributed by atoms with Gasteiger partial charge in [-0.25, -0.2) is 0 Å². The molecule has 0 unspecified atom stereocenters. The number of Topliss-reactive ketones (excluding diaryl/α,β-unsaturated/α-hetero) is 1. The minimum Gasteiger partial charge on any atom is -0.456 e. The Hall–Kier alpha value is -1.29. The van der Waals surface area contributed by atoms with Gasteiger partial charge in [0.25, 0.3) is 0 Å². The van der Waals surface area contributed by atoms with Crippen LogP contribution in [0.15, 0.2) is 16.5 Å². The number of amides is 1. The van der Waals surface area contributed by atoms with Gasteiger partial charge in [0.05, 0.1) is 12.4 Å². The van der Waals surface area contributed by atoms with Crippen LogP contribution in [0.25, 0.3) is 0 Å². The molecule has 1 aromatic rings. The van der Waals surface area contributed by atoms with Gasteiger partial charge in [0, 0.05) is 6.92 Å². The summed E-state index contributed by atoms with van der Waals surface area (Å²) in [6.07, 6.45) is 0. The van der Waals surface area contributed by atoms with Crippen LogP contribution in [0.2, 0.25) is 0 Å². The second-order valence-electron chi connectivity index (χ2n) is 2.73. The van der Waals surface area contributed by atoms with E-state index in [2.05, 4.69) is 5.32 Å². The van der Waals surface area contributed by atoms with Crippen molar-refractivity contribution < 1.29 is 14.0 Å². The largest absolute Gasteiger partial charge is 0.456 e. The number of alkyl halides is 1. The summed E-state index contributed by atoms with van der Waals surface area (Å²) in [4.78, 5) is 21.6. The Morgan fingerprint density at radius 2 is 2.21 bits per heavy atom. The maximum absolute atomic E-state index is 11.1.